The third-order valence-electron chi connectivity index (χ3n) is 4.09. The first-order chi connectivity index (χ1) is 8.98. The van der Waals surface area contributed by atoms with Crippen LogP contribution in [0.15, 0.2) is 16.5 Å². The Morgan fingerprint density at radius 1 is 1.37 bits per heavy atom. The largest absolute Gasteiger partial charge is 0.481 e. The standard InChI is InChI=1S/C14H19NO4/c1-3-14(13(17)18)6-8-15(9-7-14)12(16)11-5-4-10(2)19-11/h4-5H,3,6-9H2,1-2H3,(H,17,18). The topological polar surface area (TPSA) is 70.8 Å². The van der Waals surface area contributed by atoms with Crippen LogP contribution in [0.3, 0.4) is 0 Å². The summed E-state index contributed by atoms with van der Waals surface area (Å²) in [6.07, 6.45) is 1.61. The smallest absolute Gasteiger partial charge is 0.309 e. The summed E-state index contributed by atoms with van der Waals surface area (Å²) in [5.74, 6) is 0.129. The molecule has 1 N–H and O–H groups in total. The van der Waals surface area contributed by atoms with Crippen molar-refractivity contribution in [3.05, 3.63) is 23.7 Å². The van der Waals surface area contributed by atoms with E-state index in [0.29, 0.717) is 43.9 Å². The average Bonchev–Trinajstić information content (AvgIpc) is 2.84. The first kappa shape index (κ1) is 13.6. The third-order valence-corrected chi connectivity index (χ3v) is 4.09. The lowest BCUT2D eigenvalue weighted by Gasteiger charge is -2.37. The van der Waals surface area contributed by atoms with Gasteiger partial charge in [0.1, 0.15) is 5.76 Å². The highest BCUT2D eigenvalue weighted by atomic mass is 16.4. The number of carbonyl (C=O) groups excluding carboxylic acids is 1. The Morgan fingerprint density at radius 2 is 2.00 bits per heavy atom. The molecule has 0 radical (unpaired) electrons. The molecule has 1 fully saturated rings. The highest BCUT2D eigenvalue weighted by molar-refractivity contribution is 5.91. The fraction of sp³-hybridized carbons (Fsp3) is 0.571. The molecule has 1 aromatic heterocycles. The van der Waals surface area contributed by atoms with E-state index in [1.165, 1.54) is 0 Å². The summed E-state index contributed by atoms with van der Waals surface area (Å²) >= 11 is 0. The van der Waals surface area contributed by atoms with Crippen molar-refractivity contribution in [2.75, 3.05) is 13.1 Å². The minimum atomic E-state index is -0.754. The van der Waals surface area contributed by atoms with E-state index in [-0.39, 0.29) is 5.91 Å². The van der Waals surface area contributed by atoms with Gasteiger partial charge in [-0.05, 0) is 38.3 Å². The van der Waals surface area contributed by atoms with Crippen molar-refractivity contribution >= 4 is 11.9 Å². The quantitative estimate of drug-likeness (QED) is 0.910. The van der Waals surface area contributed by atoms with Gasteiger partial charge in [-0.3, -0.25) is 9.59 Å². The highest BCUT2D eigenvalue weighted by Crippen LogP contribution is 2.35. The zero-order valence-electron chi connectivity index (χ0n) is 11.3. The summed E-state index contributed by atoms with van der Waals surface area (Å²) < 4.78 is 5.32. The second kappa shape index (κ2) is 5.07. The van der Waals surface area contributed by atoms with E-state index in [2.05, 4.69) is 0 Å². The maximum atomic E-state index is 12.2. The number of carboxylic acids is 1. The van der Waals surface area contributed by atoms with Gasteiger partial charge >= 0.3 is 5.97 Å². The van der Waals surface area contributed by atoms with Gasteiger partial charge in [-0.1, -0.05) is 6.92 Å². The van der Waals surface area contributed by atoms with Crippen LogP contribution in [0.2, 0.25) is 0 Å². The van der Waals surface area contributed by atoms with Crippen LogP contribution in [-0.4, -0.2) is 35.0 Å². The van der Waals surface area contributed by atoms with Crippen LogP contribution in [0.5, 0.6) is 0 Å². The summed E-state index contributed by atoms with van der Waals surface area (Å²) in [5.41, 5.74) is -0.671. The maximum Gasteiger partial charge on any atom is 0.309 e. The van der Waals surface area contributed by atoms with E-state index in [1.54, 1.807) is 24.0 Å². The van der Waals surface area contributed by atoms with Gasteiger partial charge in [-0.15, -0.1) is 0 Å². The lowest BCUT2D eigenvalue weighted by Crippen LogP contribution is -2.46. The van der Waals surface area contributed by atoms with E-state index >= 15 is 0 Å². The number of carboxylic acid groups (broad SMARTS) is 1. The predicted octanol–water partition coefficient (Wildman–Crippen LogP) is 2.31. The monoisotopic (exact) mass is 265 g/mol. The van der Waals surface area contributed by atoms with Crippen LogP contribution in [0.4, 0.5) is 0 Å². The number of piperidine rings is 1. The number of nitrogens with zero attached hydrogens (tertiary/aromatic N) is 1. The van der Waals surface area contributed by atoms with E-state index < -0.39 is 11.4 Å². The molecule has 0 saturated carbocycles. The molecule has 0 unspecified atom stereocenters. The number of hydrogen-bond acceptors (Lipinski definition) is 3. The van der Waals surface area contributed by atoms with Gasteiger partial charge in [0.25, 0.3) is 5.91 Å². The molecular formula is C14H19NO4. The zero-order valence-corrected chi connectivity index (χ0v) is 11.3. The van der Waals surface area contributed by atoms with Gasteiger partial charge in [0.2, 0.25) is 0 Å². The van der Waals surface area contributed by atoms with Crippen LogP contribution in [0.25, 0.3) is 0 Å². The Morgan fingerprint density at radius 3 is 2.42 bits per heavy atom. The Hall–Kier alpha value is -1.78. The predicted molar refractivity (Wildman–Crippen MR) is 68.9 cm³/mol. The van der Waals surface area contributed by atoms with Crippen molar-refractivity contribution in [1.82, 2.24) is 4.90 Å². The van der Waals surface area contributed by atoms with Gasteiger partial charge < -0.3 is 14.4 Å². The summed E-state index contributed by atoms with van der Waals surface area (Å²) in [4.78, 5) is 25.2. The van der Waals surface area contributed by atoms with Crippen LogP contribution in [0.1, 0.15) is 42.5 Å². The third kappa shape index (κ3) is 2.50. The van der Waals surface area contributed by atoms with E-state index in [9.17, 15) is 14.7 Å². The molecule has 0 atom stereocenters. The number of carbonyl (C=O) groups is 2. The molecule has 104 valence electrons. The number of rotatable bonds is 3. The van der Waals surface area contributed by atoms with E-state index in [4.69, 9.17) is 4.42 Å². The zero-order chi connectivity index (χ0) is 14.0. The normalized spacial score (nSPS) is 18.3. The number of likely N-dealkylation sites (tertiary alicyclic amines) is 1. The van der Waals surface area contributed by atoms with Gasteiger partial charge in [-0.2, -0.15) is 0 Å². The minimum Gasteiger partial charge on any atom is -0.481 e. The molecule has 5 nitrogen and oxygen atoms in total. The van der Waals surface area contributed by atoms with E-state index in [0.717, 1.165) is 0 Å². The number of hydrogen-bond donors (Lipinski definition) is 1. The Balaban J connectivity index is 2.04. The summed E-state index contributed by atoms with van der Waals surface area (Å²) in [5, 5.41) is 9.31. The Bertz CT molecular complexity index is 483. The van der Waals surface area contributed by atoms with Gasteiger partial charge in [0.05, 0.1) is 5.41 Å². The molecule has 19 heavy (non-hydrogen) atoms. The van der Waals surface area contributed by atoms with Crippen molar-refractivity contribution in [2.45, 2.75) is 33.1 Å². The highest BCUT2D eigenvalue weighted by Gasteiger charge is 2.41. The van der Waals surface area contributed by atoms with Crippen molar-refractivity contribution in [1.29, 1.82) is 0 Å². The molecule has 0 bridgehead atoms. The lowest BCUT2D eigenvalue weighted by molar-refractivity contribution is -0.152. The van der Waals surface area contributed by atoms with Crippen molar-refractivity contribution in [2.24, 2.45) is 5.41 Å². The summed E-state index contributed by atoms with van der Waals surface area (Å²) in [7, 11) is 0. The number of furan rings is 1. The SMILES string of the molecule is CCC1(C(=O)O)CCN(C(=O)c2ccc(C)o2)CC1. The van der Waals surface area contributed by atoms with Gasteiger partial charge in [0, 0.05) is 13.1 Å². The van der Waals surface area contributed by atoms with Gasteiger partial charge in [0.15, 0.2) is 5.76 Å². The minimum absolute atomic E-state index is 0.150. The number of amides is 1. The molecule has 1 saturated heterocycles. The first-order valence-electron chi connectivity index (χ1n) is 6.57. The second-order valence-electron chi connectivity index (χ2n) is 5.14. The molecule has 1 aromatic rings. The molecule has 2 rings (SSSR count). The fourth-order valence-electron chi connectivity index (χ4n) is 2.56. The Kier molecular flexibility index (Phi) is 3.64. The average molecular weight is 265 g/mol. The molecular weight excluding hydrogens is 246 g/mol. The molecule has 5 heteroatoms. The van der Waals surface area contributed by atoms with Crippen LogP contribution >= 0.6 is 0 Å². The summed E-state index contributed by atoms with van der Waals surface area (Å²) in [6, 6.07) is 3.42. The first-order valence-corrected chi connectivity index (χ1v) is 6.57. The van der Waals surface area contributed by atoms with Crippen molar-refractivity contribution in [3.63, 3.8) is 0 Å². The molecule has 1 aliphatic heterocycles. The second-order valence-corrected chi connectivity index (χ2v) is 5.14. The van der Waals surface area contributed by atoms with Crippen LogP contribution in [0, 0.1) is 12.3 Å². The lowest BCUT2D eigenvalue weighted by atomic mass is 9.76. The molecule has 0 aromatic carbocycles. The molecule has 0 spiro atoms. The maximum absolute atomic E-state index is 12.2. The van der Waals surface area contributed by atoms with Crippen molar-refractivity contribution < 1.29 is 19.1 Å². The van der Waals surface area contributed by atoms with E-state index in [1.807, 2.05) is 6.92 Å². The number of aliphatic carboxylic acids is 1. The molecule has 1 amide bonds. The number of aryl methyl sites for hydroxylation is 1. The molecule has 2 heterocycles. The fourth-order valence-corrected chi connectivity index (χ4v) is 2.56. The Labute approximate surface area is 112 Å². The summed E-state index contributed by atoms with van der Waals surface area (Å²) in [6.45, 7) is 4.62. The van der Waals surface area contributed by atoms with Gasteiger partial charge in [-0.25, -0.2) is 0 Å². The molecule has 1 aliphatic rings. The van der Waals surface area contributed by atoms with Crippen LogP contribution in [-0.2, 0) is 4.79 Å². The van der Waals surface area contributed by atoms with Crippen LogP contribution < -0.4 is 0 Å². The van der Waals surface area contributed by atoms with Crippen molar-refractivity contribution in [3.8, 4) is 0 Å². The molecule has 0 aliphatic carbocycles.